The van der Waals surface area contributed by atoms with Crippen LogP contribution in [-0.4, -0.2) is 19.6 Å². The topological polar surface area (TPSA) is 15.3 Å². The minimum Gasteiger partial charge on any atom is -0.371 e. The largest absolute Gasteiger partial charge is 0.371 e. The predicted octanol–water partition coefficient (Wildman–Crippen LogP) is 4.57. The molecule has 0 spiro atoms. The number of nitrogens with one attached hydrogen (secondary N) is 1. The van der Waals surface area contributed by atoms with Crippen LogP contribution in [0, 0.1) is 17.8 Å². The molecule has 0 saturated carbocycles. The maximum atomic E-state index is 6.21. The highest BCUT2D eigenvalue weighted by Crippen LogP contribution is 2.30. The summed E-state index contributed by atoms with van der Waals surface area (Å²) in [5, 5.41) is 4.38. The number of rotatable bonds is 5. The van der Waals surface area contributed by atoms with Gasteiger partial charge in [0.2, 0.25) is 0 Å². The number of benzene rings is 1. The van der Waals surface area contributed by atoms with E-state index in [0.29, 0.717) is 5.92 Å². The number of nitrogens with zero attached hydrogens (tertiary/aromatic N) is 1. The maximum absolute atomic E-state index is 6.21. The predicted molar refractivity (Wildman–Crippen MR) is 93.2 cm³/mol. The van der Waals surface area contributed by atoms with E-state index in [1.165, 1.54) is 17.7 Å². The van der Waals surface area contributed by atoms with Crippen LogP contribution in [0.3, 0.4) is 0 Å². The summed E-state index contributed by atoms with van der Waals surface area (Å²) in [6.07, 6.45) is 1.34. The molecule has 3 heteroatoms. The van der Waals surface area contributed by atoms with Crippen LogP contribution >= 0.6 is 11.6 Å². The second kappa shape index (κ2) is 7.51. The van der Waals surface area contributed by atoms with Crippen molar-refractivity contribution in [2.45, 2.75) is 40.7 Å². The summed E-state index contributed by atoms with van der Waals surface area (Å²) in [6, 6.07) is 6.33. The molecule has 2 unspecified atom stereocenters. The molecule has 0 aromatic heterocycles. The Hall–Kier alpha value is -0.730. The quantitative estimate of drug-likeness (QED) is 0.857. The van der Waals surface area contributed by atoms with Gasteiger partial charge >= 0.3 is 0 Å². The molecule has 2 atom stereocenters. The Morgan fingerprint density at radius 3 is 2.52 bits per heavy atom. The smallest absolute Gasteiger partial charge is 0.0413 e. The average Bonchev–Trinajstić information content (AvgIpc) is 2.37. The van der Waals surface area contributed by atoms with Gasteiger partial charge in [-0.1, -0.05) is 39.3 Å². The Bertz CT molecular complexity index is 449. The van der Waals surface area contributed by atoms with Crippen LogP contribution in [0.15, 0.2) is 18.2 Å². The van der Waals surface area contributed by atoms with Crippen LogP contribution < -0.4 is 10.2 Å². The molecule has 0 bridgehead atoms. The summed E-state index contributed by atoms with van der Waals surface area (Å²) in [4.78, 5) is 2.54. The van der Waals surface area contributed by atoms with Crippen LogP contribution in [0.2, 0.25) is 5.02 Å². The molecule has 1 aromatic rings. The Balaban J connectivity index is 2.13. The third-order valence-corrected chi connectivity index (χ3v) is 4.35. The molecule has 2 nitrogen and oxygen atoms in total. The van der Waals surface area contributed by atoms with E-state index in [0.717, 1.165) is 43.0 Å². The molecule has 21 heavy (non-hydrogen) atoms. The minimum absolute atomic E-state index is 0.669. The highest BCUT2D eigenvalue weighted by atomic mass is 35.5. The molecular formula is C18H29ClN2. The van der Waals surface area contributed by atoms with E-state index in [-0.39, 0.29) is 0 Å². The van der Waals surface area contributed by atoms with E-state index in [4.69, 9.17) is 11.6 Å². The van der Waals surface area contributed by atoms with Crippen LogP contribution in [0.25, 0.3) is 0 Å². The van der Waals surface area contributed by atoms with Gasteiger partial charge in [-0.2, -0.15) is 0 Å². The molecule has 2 rings (SSSR count). The standard InChI is InChI=1S/C18H29ClN2/c1-13(2)9-20-10-16-8-17(19)5-6-18(16)21-11-14(3)7-15(4)12-21/h5-6,8,13-15,20H,7,9-12H2,1-4H3. The van der Waals surface area contributed by atoms with E-state index in [1.807, 2.05) is 6.07 Å². The summed E-state index contributed by atoms with van der Waals surface area (Å²) < 4.78 is 0. The molecule has 1 heterocycles. The number of hydrogen-bond donors (Lipinski definition) is 1. The highest BCUT2D eigenvalue weighted by molar-refractivity contribution is 6.30. The van der Waals surface area contributed by atoms with Gasteiger partial charge in [0.25, 0.3) is 0 Å². The Labute approximate surface area is 134 Å². The summed E-state index contributed by atoms with van der Waals surface area (Å²) in [5.41, 5.74) is 2.68. The van der Waals surface area contributed by atoms with Gasteiger partial charge in [-0.3, -0.25) is 0 Å². The summed E-state index contributed by atoms with van der Waals surface area (Å²) in [5.74, 6) is 2.20. The third-order valence-electron chi connectivity index (χ3n) is 4.12. The van der Waals surface area contributed by atoms with E-state index in [9.17, 15) is 0 Å². The summed E-state index contributed by atoms with van der Waals surface area (Å²) in [6.45, 7) is 13.4. The second-order valence-corrected chi connectivity index (χ2v) is 7.59. The number of anilines is 1. The van der Waals surface area contributed by atoms with E-state index in [1.54, 1.807) is 0 Å². The Morgan fingerprint density at radius 1 is 1.24 bits per heavy atom. The molecule has 1 aromatic carbocycles. The zero-order valence-electron chi connectivity index (χ0n) is 13.8. The average molecular weight is 309 g/mol. The van der Waals surface area contributed by atoms with Gasteiger partial charge in [0.15, 0.2) is 0 Å². The molecule has 1 saturated heterocycles. The van der Waals surface area contributed by atoms with Crippen LogP contribution in [0.5, 0.6) is 0 Å². The van der Waals surface area contributed by atoms with Crippen molar-refractivity contribution in [1.29, 1.82) is 0 Å². The lowest BCUT2D eigenvalue weighted by Crippen LogP contribution is -2.39. The zero-order valence-corrected chi connectivity index (χ0v) is 14.6. The van der Waals surface area contributed by atoms with Crippen LogP contribution in [-0.2, 0) is 6.54 Å². The van der Waals surface area contributed by atoms with Crippen molar-refractivity contribution in [2.75, 3.05) is 24.5 Å². The van der Waals surface area contributed by atoms with Crippen molar-refractivity contribution in [1.82, 2.24) is 5.32 Å². The Morgan fingerprint density at radius 2 is 1.90 bits per heavy atom. The van der Waals surface area contributed by atoms with Crippen molar-refractivity contribution in [3.8, 4) is 0 Å². The SMILES string of the molecule is CC(C)CNCc1cc(Cl)ccc1N1CC(C)CC(C)C1. The van der Waals surface area contributed by atoms with Crippen molar-refractivity contribution in [3.05, 3.63) is 28.8 Å². The monoisotopic (exact) mass is 308 g/mol. The first-order valence-electron chi connectivity index (χ1n) is 8.19. The van der Waals surface area contributed by atoms with Gasteiger partial charge in [0.05, 0.1) is 0 Å². The molecule has 0 amide bonds. The highest BCUT2D eigenvalue weighted by Gasteiger charge is 2.23. The lowest BCUT2D eigenvalue weighted by atomic mass is 9.91. The van der Waals surface area contributed by atoms with Crippen LogP contribution in [0.1, 0.15) is 39.7 Å². The van der Waals surface area contributed by atoms with Crippen molar-refractivity contribution in [3.63, 3.8) is 0 Å². The van der Waals surface area contributed by atoms with Crippen molar-refractivity contribution >= 4 is 17.3 Å². The summed E-state index contributed by atoms with van der Waals surface area (Å²) >= 11 is 6.21. The number of halogens is 1. The zero-order chi connectivity index (χ0) is 15.4. The molecule has 1 aliphatic rings. The van der Waals surface area contributed by atoms with Gasteiger partial charge in [0, 0.05) is 30.3 Å². The van der Waals surface area contributed by atoms with Gasteiger partial charge in [-0.25, -0.2) is 0 Å². The number of hydrogen-bond acceptors (Lipinski definition) is 2. The molecule has 1 aliphatic heterocycles. The first-order valence-corrected chi connectivity index (χ1v) is 8.57. The third kappa shape index (κ3) is 4.89. The second-order valence-electron chi connectivity index (χ2n) is 7.15. The van der Waals surface area contributed by atoms with Crippen molar-refractivity contribution < 1.29 is 0 Å². The van der Waals surface area contributed by atoms with E-state index >= 15 is 0 Å². The molecular weight excluding hydrogens is 280 g/mol. The van der Waals surface area contributed by atoms with Gasteiger partial charge in [0.1, 0.15) is 0 Å². The first kappa shape index (κ1) is 16.6. The molecule has 1 fully saturated rings. The molecule has 118 valence electrons. The molecule has 0 radical (unpaired) electrons. The van der Waals surface area contributed by atoms with Gasteiger partial charge < -0.3 is 10.2 Å². The summed E-state index contributed by atoms with van der Waals surface area (Å²) in [7, 11) is 0. The number of piperidine rings is 1. The Kier molecular flexibility index (Phi) is 5.95. The lowest BCUT2D eigenvalue weighted by Gasteiger charge is -2.37. The fourth-order valence-electron chi connectivity index (χ4n) is 3.36. The normalized spacial score (nSPS) is 22.9. The fraction of sp³-hybridized carbons (Fsp3) is 0.667. The van der Waals surface area contributed by atoms with E-state index in [2.05, 4.69) is 50.0 Å². The van der Waals surface area contributed by atoms with E-state index < -0.39 is 0 Å². The van der Waals surface area contributed by atoms with Gasteiger partial charge in [-0.15, -0.1) is 0 Å². The fourth-order valence-corrected chi connectivity index (χ4v) is 3.55. The molecule has 1 N–H and O–H groups in total. The molecule has 0 aliphatic carbocycles. The van der Waals surface area contributed by atoms with Gasteiger partial charge in [-0.05, 0) is 54.5 Å². The lowest BCUT2D eigenvalue weighted by molar-refractivity contribution is 0.356. The first-order chi connectivity index (χ1) is 9.95. The van der Waals surface area contributed by atoms with Crippen molar-refractivity contribution in [2.24, 2.45) is 17.8 Å². The maximum Gasteiger partial charge on any atom is 0.0413 e. The van der Waals surface area contributed by atoms with Crippen LogP contribution in [0.4, 0.5) is 5.69 Å². The minimum atomic E-state index is 0.669.